The van der Waals surface area contributed by atoms with Gasteiger partial charge < -0.3 is 4.74 Å². The quantitative estimate of drug-likeness (QED) is 0.461. The molecule has 4 heteroatoms. The summed E-state index contributed by atoms with van der Waals surface area (Å²) < 4.78 is 5.12. The Bertz CT molecular complexity index is 771. The van der Waals surface area contributed by atoms with Crippen LogP contribution in [0.1, 0.15) is 40.1 Å². The third kappa shape index (κ3) is 4.74. The zero-order valence-electron chi connectivity index (χ0n) is 13.6. The Morgan fingerprint density at radius 1 is 0.875 bits per heavy atom. The summed E-state index contributed by atoms with van der Waals surface area (Å²) in [7, 11) is 0. The van der Waals surface area contributed by atoms with Gasteiger partial charge in [0.25, 0.3) is 0 Å². The molecule has 2 rings (SSSR count). The van der Waals surface area contributed by atoms with Crippen LogP contribution in [0, 0.1) is 0 Å². The first-order chi connectivity index (χ1) is 11.5. The topological polar surface area (TPSA) is 60.4 Å². The molecular weight excluding hydrogens is 304 g/mol. The van der Waals surface area contributed by atoms with Gasteiger partial charge in [-0.1, -0.05) is 54.6 Å². The van der Waals surface area contributed by atoms with Crippen LogP contribution < -0.4 is 0 Å². The second-order valence-electron chi connectivity index (χ2n) is 5.38. The molecular formula is C20H18O4. The van der Waals surface area contributed by atoms with Crippen molar-refractivity contribution in [1.82, 2.24) is 0 Å². The van der Waals surface area contributed by atoms with E-state index < -0.39 is 5.97 Å². The van der Waals surface area contributed by atoms with E-state index in [0.717, 1.165) is 5.56 Å². The summed E-state index contributed by atoms with van der Waals surface area (Å²) in [6.45, 7) is 3.18. The average molecular weight is 322 g/mol. The zero-order valence-corrected chi connectivity index (χ0v) is 13.6. The molecule has 0 saturated carbocycles. The lowest BCUT2D eigenvalue weighted by Crippen LogP contribution is -2.07. The van der Waals surface area contributed by atoms with E-state index in [1.54, 1.807) is 31.2 Å². The number of esters is 1. The van der Waals surface area contributed by atoms with Crippen molar-refractivity contribution in [2.75, 3.05) is 0 Å². The Balaban J connectivity index is 1.99. The maximum absolute atomic E-state index is 12.3. The summed E-state index contributed by atoms with van der Waals surface area (Å²) in [6, 6.07) is 15.6. The Labute approximate surface area is 140 Å². The molecule has 0 unspecified atom stereocenters. The molecule has 0 fully saturated rings. The molecule has 2 aromatic rings. The number of ether oxygens (including phenoxy) is 1. The van der Waals surface area contributed by atoms with E-state index in [2.05, 4.69) is 0 Å². The van der Waals surface area contributed by atoms with Crippen LogP contribution in [0.15, 0.2) is 66.2 Å². The van der Waals surface area contributed by atoms with Gasteiger partial charge in [0.1, 0.15) is 6.61 Å². The summed E-state index contributed by atoms with van der Waals surface area (Å²) in [5, 5.41) is 0. The van der Waals surface area contributed by atoms with Crippen LogP contribution in [-0.4, -0.2) is 17.5 Å². The maximum Gasteiger partial charge on any atom is 0.331 e. The summed E-state index contributed by atoms with van der Waals surface area (Å²) in [5.74, 6) is -0.905. The maximum atomic E-state index is 12.3. The Morgan fingerprint density at radius 3 is 2.04 bits per heavy atom. The van der Waals surface area contributed by atoms with Crippen LogP contribution in [0.2, 0.25) is 0 Å². The second-order valence-corrected chi connectivity index (χ2v) is 5.38. The minimum atomic E-state index is -0.565. The zero-order chi connectivity index (χ0) is 17.5. The predicted octanol–water partition coefficient (Wildman–Crippen LogP) is 3.76. The van der Waals surface area contributed by atoms with E-state index >= 15 is 0 Å². The minimum Gasteiger partial charge on any atom is -0.458 e. The molecule has 4 nitrogen and oxygen atoms in total. The fraction of sp³-hybridized carbons (Fsp3) is 0.150. The van der Waals surface area contributed by atoms with Crippen molar-refractivity contribution in [2.45, 2.75) is 20.5 Å². The van der Waals surface area contributed by atoms with Crippen LogP contribution in [0.4, 0.5) is 0 Å². The number of hydrogen-bond acceptors (Lipinski definition) is 4. The van der Waals surface area contributed by atoms with Crippen molar-refractivity contribution < 1.29 is 19.1 Å². The lowest BCUT2D eigenvalue weighted by molar-refractivity contribution is -0.139. The average Bonchev–Trinajstić information content (AvgIpc) is 2.60. The molecule has 0 amide bonds. The minimum absolute atomic E-state index is 0.0641. The Kier molecular flexibility index (Phi) is 5.79. The van der Waals surface area contributed by atoms with Crippen molar-refractivity contribution >= 4 is 17.5 Å². The molecule has 0 aliphatic heterocycles. The number of rotatable bonds is 6. The van der Waals surface area contributed by atoms with Crippen molar-refractivity contribution in [2.24, 2.45) is 0 Å². The second kappa shape index (κ2) is 8.02. The molecule has 0 spiro atoms. The largest absolute Gasteiger partial charge is 0.458 e. The van der Waals surface area contributed by atoms with Crippen LogP contribution in [0.5, 0.6) is 0 Å². The highest BCUT2D eigenvalue weighted by atomic mass is 16.5. The van der Waals surface area contributed by atoms with Crippen LogP contribution in [-0.2, 0) is 16.1 Å². The monoisotopic (exact) mass is 322 g/mol. The van der Waals surface area contributed by atoms with Gasteiger partial charge in [0, 0.05) is 22.8 Å². The first-order valence-corrected chi connectivity index (χ1v) is 7.52. The summed E-state index contributed by atoms with van der Waals surface area (Å²) in [5.41, 5.74) is 2.12. The molecule has 0 N–H and O–H groups in total. The Hall–Kier alpha value is -3.01. The molecule has 0 heterocycles. The smallest absolute Gasteiger partial charge is 0.331 e. The standard InChI is InChI=1S/C20H18O4/c1-14(12-19(22)24-13-16-6-4-3-5-7-16)20(23)18-10-8-17(9-11-18)15(2)21/h3-12H,13H2,1-2H3/b14-12+. The first-order valence-electron chi connectivity index (χ1n) is 7.52. The summed E-state index contributed by atoms with van der Waals surface area (Å²) in [4.78, 5) is 35.3. The first kappa shape index (κ1) is 17.3. The van der Waals surface area contributed by atoms with Crippen LogP contribution in [0.25, 0.3) is 0 Å². The van der Waals surface area contributed by atoms with Crippen molar-refractivity contribution in [1.29, 1.82) is 0 Å². The number of Topliss-reactive ketones (excluding diaryl/α,β-unsaturated/α-hetero) is 2. The Morgan fingerprint density at radius 2 is 1.46 bits per heavy atom. The molecule has 0 radical (unpaired) electrons. The molecule has 24 heavy (non-hydrogen) atoms. The molecule has 0 saturated heterocycles. The van der Waals surface area contributed by atoms with Crippen LogP contribution in [0.3, 0.4) is 0 Å². The lowest BCUT2D eigenvalue weighted by atomic mass is 10.0. The SMILES string of the molecule is CC(=O)c1ccc(C(=O)/C(C)=C/C(=O)OCc2ccccc2)cc1. The molecule has 0 aromatic heterocycles. The van der Waals surface area contributed by atoms with Crippen molar-refractivity contribution in [3.8, 4) is 0 Å². The summed E-state index contributed by atoms with van der Waals surface area (Å²) >= 11 is 0. The molecule has 122 valence electrons. The summed E-state index contributed by atoms with van der Waals surface area (Å²) in [6.07, 6.45) is 1.18. The highest BCUT2D eigenvalue weighted by molar-refractivity contribution is 6.11. The van der Waals surface area contributed by atoms with Gasteiger partial charge >= 0.3 is 5.97 Å². The van der Waals surface area contributed by atoms with Gasteiger partial charge in [-0.25, -0.2) is 4.79 Å². The van der Waals surface area contributed by atoms with Gasteiger partial charge in [-0.15, -0.1) is 0 Å². The third-order valence-corrected chi connectivity index (χ3v) is 3.47. The van der Waals surface area contributed by atoms with E-state index in [0.29, 0.717) is 11.1 Å². The van der Waals surface area contributed by atoms with Crippen molar-refractivity contribution in [3.63, 3.8) is 0 Å². The number of allylic oxidation sites excluding steroid dienone is 1. The number of hydrogen-bond donors (Lipinski definition) is 0. The number of ketones is 2. The molecule has 0 atom stereocenters. The third-order valence-electron chi connectivity index (χ3n) is 3.47. The fourth-order valence-electron chi connectivity index (χ4n) is 2.10. The van der Waals surface area contributed by atoms with E-state index in [-0.39, 0.29) is 23.7 Å². The predicted molar refractivity (Wildman–Crippen MR) is 90.8 cm³/mol. The van der Waals surface area contributed by atoms with Gasteiger partial charge in [-0.2, -0.15) is 0 Å². The van der Waals surface area contributed by atoms with E-state index in [4.69, 9.17) is 4.74 Å². The number of carbonyl (C=O) groups excluding carboxylic acids is 3. The van der Waals surface area contributed by atoms with Gasteiger partial charge in [-0.3, -0.25) is 9.59 Å². The normalized spacial score (nSPS) is 11.0. The van der Waals surface area contributed by atoms with Crippen LogP contribution >= 0.6 is 0 Å². The number of benzene rings is 2. The lowest BCUT2D eigenvalue weighted by Gasteiger charge is -2.04. The molecule has 0 bridgehead atoms. The molecule has 0 aliphatic rings. The molecule has 0 aliphatic carbocycles. The van der Waals surface area contributed by atoms with Gasteiger partial charge in [-0.05, 0) is 19.4 Å². The highest BCUT2D eigenvalue weighted by Crippen LogP contribution is 2.11. The molecule has 2 aromatic carbocycles. The fourth-order valence-corrected chi connectivity index (χ4v) is 2.10. The van der Waals surface area contributed by atoms with E-state index in [1.165, 1.54) is 13.0 Å². The van der Waals surface area contributed by atoms with Gasteiger partial charge in [0.05, 0.1) is 0 Å². The highest BCUT2D eigenvalue weighted by Gasteiger charge is 2.11. The number of carbonyl (C=O) groups is 3. The van der Waals surface area contributed by atoms with Gasteiger partial charge in [0.2, 0.25) is 0 Å². The van der Waals surface area contributed by atoms with E-state index in [9.17, 15) is 14.4 Å². The van der Waals surface area contributed by atoms with Crippen molar-refractivity contribution in [3.05, 3.63) is 82.9 Å². The van der Waals surface area contributed by atoms with Gasteiger partial charge in [0.15, 0.2) is 11.6 Å². The van der Waals surface area contributed by atoms with E-state index in [1.807, 2.05) is 30.3 Å².